The maximum absolute atomic E-state index is 13.1. The average molecular weight is 432 g/mol. The topological polar surface area (TPSA) is 59.6 Å². The highest BCUT2D eigenvalue weighted by Crippen LogP contribution is 2.31. The van der Waals surface area contributed by atoms with Crippen molar-refractivity contribution in [3.8, 4) is 0 Å². The fourth-order valence-corrected chi connectivity index (χ4v) is 4.08. The van der Waals surface area contributed by atoms with Gasteiger partial charge in [-0.05, 0) is 36.4 Å². The first-order valence-corrected chi connectivity index (χ1v) is 9.56. The number of carbonyl (C=O) groups is 1. The first-order valence-electron chi connectivity index (χ1n) is 8.77. The second kappa shape index (κ2) is 7.32. The van der Waals surface area contributed by atoms with Crippen LogP contribution >= 0.6 is 15.9 Å². The summed E-state index contributed by atoms with van der Waals surface area (Å²) >= 11 is 3.44. The molecule has 1 aromatic heterocycles. The van der Waals surface area contributed by atoms with E-state index in [0.29, 0.717) is 26.2 Å². The minimum atomic E-state index is -0.853. The van der Waals surface area contributed by atoms with Gasteiger partial charge in [-0.25, -0.2) is 4.39 Å². The van der Waals surface area contributed by atoms with Crippen molar-refractivity contribution < 1.29 is 14.3 Å². The zero-order valence-corrected chi connectivity index (χ0v) is 16.1. The Morgan fingerprint density at radius 1 is 1.11 bits per heavy atom. The molecule has 3 aromatic rings. The number of hydrogen-bond acceptors (Lipinski definition) is 3. The summed E-state index contributed by atoms with van der Waals surface area (Å²) in [6.07, 6.45) is 1.79. The molecule has 5 nitrogen and oxygen atoms in total. The number of rotatable bonds is 4. The molecule has 2 N–H and O–H groups in total. The molecule has 0 spiro atoms. The molecule has 0 unspecified atom stereocenters. The highest BCUT2D eigenvalue weighted by molar-refractivity contribution is 9.10. The normalized spacial score (nSPS) is 16.6. The molecular weight excluding hydrogens is 413 g/mol. The molecule has 0 radical (unpaired) electrons. The van der Waals surface area contributed by atoms with Gasteiger partial charge in [-0.1, -0.05) is 22.0 Å². The lowest BCUT2D eigenvalue weighted by Gasteiger charge is -2.38. The number of carboxylic acids is 1. The molecule has 0 bridgehead atoms. The predicted molar refractivity (Wildman–Crippen MR) is 107 cm³/mol. The maximum atomic E-state index is 13.1. The highest BCUT2D eigenvalue weighted by Gasteiger charge is 2.32. The molecule has 0 aliphatic carbocycles. The van der Waals surface area contributed by atoms with Crippen LogP contribution in [0, 0.1) is 5.82 Å². The molecule has 0 saturated carbocycles. The van der Waals surface area contributed by atoms with E-state index in [1.165, 1.54) is 12.1 Å². The van der Waals surface area contributed by atoms with Crippen molar-refractivity contribution in [2.45, 2.75) is 6.04 Å². The van der Waals surface area contributed by atoms with Crippen LogP contribution in [-0.4, -0.2) is 47.1 Å². The number of carboxylic acid groups (broad SMARTS) is 1. The SMILES string of the molecule is O=C(O)[C@@H](c1c[nH]c2cc(Br)ccc12)N1CCN(c2ccc(F)cc2)CC1. The summed E-state index contributed by atoms with van der Waals surface area (Å²) in [6.45, 7) is 2.64. The first kappa shape index (κ1) is 18.0. The zero-order valence-electron chi connectivity index (χ0n) is 14.5. The van der Waals surface area contributed by atoms with Gasteiger partial charge >= 0.3 is 5.97 Å². The summed E-state index contributed by atoms with van der Waals surface area (Å²) in [5, 5.41) is 10.8. The van der Waals surface area contributed by atoms with Gasteiger partial charge in [-0.15, -0.1) is 0 Å². The molecule has 2 heterocycles. The van der Waals surface area contributed by atoms with Crippen molar-refractivity contribution in [1.29, 1.82) is 0 Å². The number of fused-ring (bicyclic) bond motifs is 1. The average Bonchev–Trinajstić information content (AvgIpc) is 3.05. The van der Waals surface area contributed by atoms with Crippen molar-refractivity contribution in [3.05, 3.63) is 64.5 Å². The van der Waals surface area contributed by atoms with Crippen LogP contribution in [-0.2, 0) is 4.79 Å². The van der Waals surface area contributed by atoms with E-state index in [0.717, 1.165) is 26.6 Å². The van der Waals surface area contributed by atoms with Gasteiger partial charge in [-0.2, -0.15) is 0 Å². The Hall–Kier alpha value is -2.38. The monoisotopic (exact) mass is 431 g/mol. The van der Waals surface area contributed by atoms with Crippen LogP contribution in [0.4, 0.5) is 10.1 Å². The molecule has 1 atom stereocenters. The van der Waals surface area contributed by atoms with Gasteiger partial charge in [0.2, 0.25) is 0 Å². The van der Waals surface area contributed by atoms with Gasteiger partial charge in [0, 0.05) is 59.0 Å². The highest BCUT2D eigenvalue weighted by atomic mass is 79.9. The number of halogens is 2. The minimum Gasteiger partial charge on any atom is -0.480 e. The summed E-state index contributed by atoms with van der Waals surface area (Å²) in [5.41, 5.74) is 2.65. The first-order chi connectivity index (χ1) is 13.0. The van der Waals surface area contributed by atoms with Crippen molar-refractivity contribution >= 4 is 38.5 Å². The number of benzene rings is 2. The predicted octanol–water partition coefficient (Wildman–Crippen LogP) is 4.02. The third-order valence-corrected chi connectivity index (χ3v) is 5.57. The minimum absolute atomic E-state index is 0.255. The molecule has 2 aromatic carbocycles. The smallest absolute Gasteiger partial charge is 0.325 e. The number of nitrogens with zero attached hydrogens (tertiary/aromatic N) is 2. The number of nitrogens with one attached hydrogen (secondary N) is 1. The van der Waals surface area contributed by atoms with Crippen LogP contribution in [0.25, 0.3) is 10.9 Å². The Balaban J connectivity index is 1.55. The van der Waals surface area contributed by atoms with E-state index in [2.05, 4.69) is 25.8 Å². The van der Waals surface area contributed by atoms with E-state index in [9.17, 15) is 14.3 Å². The third kappa shape index (κ3) is 3.57. The molecular formula is C20H19BrFN3O2. The lowest BCUT2D eigenvalue weighted by molar-refractivity contribution is -0.143. The number of aromatic amines is 1. The molecule has 1 saturated heterocycles. The molecule has 1 aliphatic heterocycles. The van der Waals surface area contributed by atoms with E-state index < -0.39 is 12.0 Å². The Morgan fingerprint density at radius 2 is 1.81 bits per heavy atom. The molecule has 1 fully saturated rings. The molecule has 4 rings (SSSR count). The van der Waals surface area contributed by atoms with Crippen LogP contribution in [0.1, 0.15) is 11.6 Å². The van der Waals surface area contributed by atoms with Crippen molar-refractivity contribution in [3.63, 3.8) is 0 Å². The van der Waals surface area contributed by atoms with Crippen LogP contribution in [0.15, 0.2) is 53.1 Å². The van der Waals surface area contributed by atoms with Gasteiger partial charge in [0.1, 0.15) is 11.9 Å². The van der Waals surface area contributed by atoms with E-state index in [-0.39, 0.29) is 5.82 Å². The standard InChI is InChI=1S/C20H19BrFN3O2/c21-13-1-6-16-17(12-23-18(16)11-13)19(20(26)27)25-9-7-24(8-10-25)15-4-2-14(22)3-5-15/h1-6,11-12,19,23H,7-10H2,(H,26,27)/t19-/m1/s1. The van der Waals surface area contributed by atoms with E-state index in [1.54, 1.807) is 18.3 Å². The van der Waals surface area contributed by atoms with Crippen molar-refractivity contribution in [2.75, 3.05) is 31.1 Å². The fraction of sp³-hybridized carbons (Fsp3) is 0.250. The van der Waals surface area contributed by atoms with Crippen LogP contribution < -0.4 is 4.90 Å². The van der Waals surface area contributed by atoms with E-state index in [1.807, 2.05) is 23.1 Å². The van der Waals surface area contributed by atoms with Gasteiger partial charge < -0.3 is 15.0 Å². The number of anilines is 1. The maximum Gasteiger partial charge on any atom is 0.325 e. The zero-order chi connectivity index (χ0) is 19.0. The van der Waals surface area contributed by atoms with Gasteiger partial charge in [0.05, 0.1) is 0 Å². The third-order valence-electron chi connectivity index (χ3n) is 5.08. The Bertz CT molecular complexity index is 965. The number of piperazine rings is 1. The second-order valence-electron chi connectivity index (χ2n) is 6.67. The van der Waals surface area contributed by atoms with Crippen LogP contribution in [0.3, 0.4) is 0 Å². The number of H-pyrrole nitrogens is 1. The van der Waals surface area contributed by atoms with Gasteiger partial charge in [-0.3, -0.25) is 9.69 Å². The molecule has 0 amide bonds. The van der Waals surface area contributed by atoms with Crippen molar-refractivity contribution in [2.24, 2.45) is 0 Å². The summed E-state index contributed by atoms with van der Waals surface area (Å²) in [6, 6.07) is 11.5. The molecule has 7 heteroatoms. The van der Waals surface area contributed by atoms with Crippen LogP contribution in [0.5, 0.6) is 0 Å². The quantitative estimate of drug-likeness (QED) is 0.654. The summed E-state index contributed by atoms with van der Waals surface area (Å²) in [5.74, 6) is -1.11. The number of aliphatic carboxylic acids is 1. The Labute approximate surface area is 164 Å². The second-order valence-corrected chi connectivity index (χ2v) is 7.59. The molecule has 140 valence electrons. The Kier molecular flexibility index (Phi) is 4.88. The summed E-state index contributed by atoms with van der Waals surface area (Å²) in [4.78, 5) is 19.4. The Morgan fingerprint density at radius 3 is 2.48 bits per heavy atom. The van der Waals surface area contributed by atoms with Gasteiger partial charge in [0.25, 0.3) is 0 Å². The summed E-state index contributed by atoms with van der Waals surface area (Å²) < 4.78 is 14.1. The van der Waals surface area contributed by atoms with E-state index >= 15 is 0 Å². The largest absolute Gasteiger partial charge is 0.480 e. The molecule has 27 heavy (non-hydrogen) atoms. The number of hydrogen-bond donors (Lipinski definition) is 2. The fourth-order valence-electron chi connectivity index (χ4n) is 3.72. The lowest BCUT2D eigenvalue weighted by atomic mass is 10.0. The summed E-state index contributed by atoms with van der Waals surface area (Å²) in [7, 11) is 0. The van der Waals surface area contributed by atoms with Gasteiger partial charge in [0.15, 0.2) is 0 Å². The lowest BCUT2D eigenvalue weighted by Crippen LogP contribution is -2.49. The van der Waals surface area contributed by atoms with Crippen molar-refractivity contribution in [1.82, 2.24) is 9.88 Å². The molecule has 1 aliphatic rings. The van der Waals surface area contributed by atoms with E-state index in [4.69, 9.17) is 0 Å². The van der Waals surface area contributed by atoms with Crippen LogP contribution in [0.2, 0.25) is 0 Å². The number of aromatic nitrogens is 1.